The quantitative estimate of drug-likeness (QED) is 0.186. The van der Waals surface area contributed by atoms with Crippen LogP contribution >= 0.6 is 0 Å². The molecule has 10 heteroatoms. The number of anilines is 1. The molecule has 4 aromatic rings. The van der Waals surface area contributed by atoms with Gasteiger partial charge in [0.1, 0.15) is 0 Å². The number of aryl methyl sites for hydroxylation is 1. The topological polar surface area (TPSA) is 142 Å². The molecule has 0 bridgehead atoms. The SMILES string of the molecule is Cc1[nH]c(/C=C2\C(=O)Nc3ccc(C(=O)NC(C)c4ccccc4)cc32)c(C)c1C(=O)NCC(O)c1ccc2c(c1)OCO2. The number of carbonyl (C=O) groups excluding carboxylic acids is 3. The minimum atomic E-state index is -0.949. The Hall–Kier alpha value is -5.35. The summed E-state index contributed by atoms with van der Waals surface area (Å²) >= 11 is 0. The Labute approximate surface area is 254 Å². The molecule has 0 aliphatic carbocycles. The minimum Gasteiger partial charge on any atom is -0.454 e. The maximum absolute atomic E-state index is 13.2. The highest BCUT2D eigenvalue weighted by atomic mass is 16.7. The van der Waals surface area contributed by atoms with E-state index in [1.54, 1.807) is 56.3 Å². The number of carbonyl (C=O) groups is 3. The summed E-state index contributed by atoms with van der Waals surface area (Å²) < 4.78 is 10.7. The van der Waals surface area contributed by atoms with Gasteiger partial charge in [0.05, 0.1) is 23.3 Å². The van der Waals surface area contributed by atoms with Gasteiger partial charge < -0.3 is 35.5 Å². The third kappa shape index (κ3) is 5.55. The van der Waals surface area contributed by atoms with Crippen LogP contribution in [0.1, 0.15) is 73.4 Å². The first-order valence-corrected chi connectivity index (χ1v) is 14.3. The molecule has 44 heavy (non-hydrogen) atoms. The summed E-state index contributed by atoms with van der Waals surface area (Å²) in [5, 5.41) is 19.3. The summed E-state index contributed by atoms with van der Waals surface area (Å²) in [7, 11) is 0. The van der Waals surface area contributed by atoms with E-state index in [-0.39, 0.29) is 37.1 Å². The molecule has 224 valence electrons. The largest absolute Gasteiger partial charge is 0.454 e. The van der Waals surface area contributed by atoms with E-state index >= 15 is 0 Å². The molecule has 2 aliphatic heterocycles. The molecule has 0 spiro atoms. The van der Waals surface area contributed by atoms with E-state index in [4.69, 9.17) is 9.47 Å². The van der Waals surface area contributed by atoms with Crippen LogP contribution in [0.15, 0.2) is 66.7 Å². The third-order valence-corrected chi connectivity index (χ3v) is 7.94. The van der Waals surface area contributed by atoms with E-state index in [0.717, 1.165) is 5.56 Å². The molecular weight excluding hydrogens is 560 g/mol. The van der Waals surface area contributed by atoms with Crippen molar-refractivity contribution < 1.29 is 29.0 Å². The van der Waals surface area contributed by atoms with Gasteiger partial charge in [-0.3, -0.25) is 14.4 Å². The van der Waals surface area contributed by atoms with Crippen LogP contribution < -0.4 is 25.4 Å². The Morgan fingerprint density at radius 3 is 2.55 bits per heavy atom. The normalized spacial score (nSPS) is 15.5. The number of benzene rings is 3. The molecule has 2 aliphatic rings. The van der Waals surface area contributed by atoms with Gasteiger partial charge in [0.25, 0.3) is 17.7 Å². The third-order valence-electron chi connectivity index (χ3n) is 7.94. The Bertz CT molecular complexity index is 1810. The van der Waals surface area contributed by atoms with E-state index in [1.165, 1.54) is 0 Å². The number of hydrogen-bond donors (Lipinski definition) is 5. The van der Waals surface area contributed by atoms with Crippen molar-refractivity contribution in [2.75, 3.05) is 18.7 Å². The smallest absolute Gasteiger partial charge is 0.256 e. The van der Waals surface area contributed by atoms with Crippen molar-refractivity contribution in [1.82, 2.24) is 15.6 Å². The zero-order chi connectivity index (χ0) is 31.0. The highest BCUT2D eigenvalue weighted by Gasteiger charge is 2.27. The summed E-state index contributed by atoms with van der Waals surface area (Å²) in [6, 6.07) is 19.7. The van der Waals surface area contributed by atoms with Gasteiger partial charge >= 0.3 is 0 Å². The number of rotatable bonds is 8. The van der Waals surface area contributed by atoms with Crippen LogP contribution in [0.2, 0.25) is 0 Å². The number of amides is 3. The van der Waals surface area contributed by atoms with Crippen molar-refractivity contribution in [1.29, 1.82) is 0 Å². The zero-order valence-corrected chi connectivity index (χ0v) is 24.5. The van der Waals surface area contributed by atoms with Crippen LogP contribution in [0.25, 0.3) is 11.6 Å². The maximum Gasteiger partial charge on any atom is 0.256 e. The van der Waals surface area contributed by atoms with Gasteiger partial charge in [0, 0.05) is 34.7 Å². The van der Waals surface area contributed by atoms with Crippen LogP contribution in [0, 0.1) is 13.8 Å². The van der Waals surface area contributed by atoms with Crippen LogP contribution in [-0.2, 0) is 4.79 Å². The second-order valence-electron chi connectivity index (χ2n) is 10.9. The van der Waals surface area contributed by atoms with Crippen LogP contribution in [-0.4, -0.2) is 41.1 Å². The van der Waals surface area contributed by atoms with Crippen LogP contribution in [0.5, 0.6) is 11.5 Å². The van der Waals surface area contributed by atoms with E-state index in [0.29, 0.717) is 62.0 Å². The number of aromatic nitrogens is 1. The Morgan fingerprint density at radius 2 is 1.75 bits per heavy atom. The lowest BCUT2D eigenvalue weighted by molar-refractivity contribution is -0.110. The first-order chi connectivity index (χ1) is 21.2. The number of aromatic amines is 1. The van der Waals surface area contributed by atoms with Gasteiger partial charge in [-0.25, -0.2) is 0 Å². The molecule has 0 radical (unpaired) electrons. The molecule has 0 fully saturated rings. The fraction of sp³-hybridized carbons (Fsp3) is 0.206. The molecule has 1 aromatic heterocycles. The Kier molecular flexibility index (Phi) is 7.67. The number of H-pyrrole nitrogens is 1. The summed E-state index contributed by atoms with van der Waals surface area (Å²) in [5.41, 5.74) is 5.86. The summed E-state index contributed by atoms with van der Waals surface area (Å²) in [5.74, 6) is 0.246. The van der Waals surface area contributed by atoms with Crippen molar-refractivity contribution in [2.24, 2.45) is 0 Å². The number of aliphatic hydroxyl groups is 1. The van der Waals surface area contributed by atoms with E-state index < -0.39 is 6.10 Å². The second-order valence-corrected chi connectivity index (χ2v) is 10.9. The lowest BCUT2D eigenvalue weighted by atomic mass is 10.0. The van der Waals surface area contributed by atoms with Gasteiger partial charge in [-0.05, 0) is 73.9 Å². The minimum absolute atomic E-state index is 0.0114. The van der Waals surface area contributed by atoms with Gasteiger partial charge in [0.15, 0.2) is 11.5 Å². The van der Waals surface area contributed by atoms with Crippen molar-refractivity contribution in [2.45, 2.75) is 32.9 Å². The van der Waals surface area contributed by atoms with Gasteiger partial charge in [0.2, 0.25) is 6.79 Å². The van der Waals surface area contributed by atoms with E-state index in [1.807, 2.05) is 37.3 Å². The average Bonchev–Trinajstić information content (AvgIpc) is 3.70. The summed E-state index contributed by atoms with van der Waals surface area (Å²) in [4.78, 5) is 42.5. The molecule has 2 unspecified atom stereocenters. The first kappa shape index (κ1) is 28.8. The number of ether oxygens (including phenoxy) is 2. The number of fused-ring (bicyclic) bond motifs is 2. The lowest BCUT2D eigenvalue weighted by Crippen LogP contribution is -2.29. The molecule has 5 N–H and O–H groups in total. The van der Waals surface area contributed by atoms with Gasteiger partial charge in [-0.15, -0.1) is 0 Å². The summed E-state index contributed by atoms with van der Waals surface area (Å²) in [6.07, 6.45) is 0.742. The van der Waals surface area contributed by atoms with Crippen LogP contribution in [0.3, 0.4) is 0 Å². The Morgan fingerprint density at radius 1 is 0.977 bits per heavy atom. The average molecular weight is 593 g/mol. The van der Waals surface area contributed by atoms with E-state index in [9.17, 15) is 19.5 Å². The fourth-order valence-corrected chi connectivity index (χ4v) is 5.50. The fourth-order valence-electron chi connectivity index (χ4n) is 5.50. The molecule has 3 amide bonds. The maximum atomic E-state index is 13.2. The molecule has 6 rings (SSSR count). The summed E-state index contributed by atoms with van der Waals surface area (Å²) in [6.45, 7) is 5.61. The van der Waals surface area contributed by atoms with Crippen LogP contribution in [0.4, 0.5) is 5.69 Å². The molecule has 10 nitrogen and oxygen atoms in total. The van der Waals surface area contributed by atoms with Gasteiger partial charge in [-0.2, -0.15) is 0 Å². The molecule has 0 saturated heterocycles. The number of aliphatic hydroxyl groups excluding tert-OH is 1. The van der Waals surface area contributed by atoms with E-state index in [2.05, 4.69) is 20.9 Å². The van der Waals surface area contributed by atoms with Crippen molar-refractivity contribution in [3.8, 4) is 11.5 Å². The highest BCUT2D eigenvalue weighted by molar-refractivity contribution is 6.35. The molecule has 3 aromatic carbocycles. The lowest BCUT2D eigenvalue weighted by Gasteiger charge is -2.14. The first-order valence-electron chi connectivity index (χ1n) is 14.3. The Balaban J connectivity index is 1.19. The number of nitrogens with one attached hydrogen (secondary N) is 4. The molecule has 0 saturated carbocycles. The monoisotopic (exact) mass is 592 g/mol. The predicted octanol–water partition coefficient (Wildman–Crippen LogP) is 4.81. The van der Waals surface area contributed by atoms with Gasteiger partial charge in [-0.1, -0.05) is 36.4 Å². The standard InChI is InChI=1S/C34H32N4O6/c1-18-27(36-20(3)31(18)34(42)35-16-28(39)22-10-12-29-30(14-22)44-17-43-29)15-25-24-13-23(9-11-26(24)38-33(25)41)32(40)37-19(2)21-7-5-4-6-8-21/h4-15,19,28,36,39H,16-17H2,1-3H3,(H,35,42)(H,37,40)(H,38,41)/b25-15-. The molecule has 2 atom stereocenters. The highest BCUT2D eigenvalue weighted by Crippen LogP contribution is 2.36. The molecule has 3 heterocycles. The van der Waals surface area contributed by atoms with Crippen molar-refractivity contribution >= 4 is 35.1 Å². The zero-order valence-electron chi connectivity index (χ0n) is 24.5. The predicted molar refractivity (Wildman–Crippen MR) is 165 cm³/mol. The van der Waals surface area contributed by atoms with Crippen molar-refractivity contribution in [3.63, 3.8) is 0 Å². The molecular formula is C34H32N4O6. The number of hydrogen-bond acceptors (Lipinski definition) is 6. The van der Waals surface area contributed by atoms with Crippen molar-refractivity contribution in [3.05, 3.63) is 111 Å². The second kappa shape index (κ2) is 11.7.